The molecule has 0 atom stereocenters. The number of aromatic amines is 1. The molecule has 0 bridgehead atoms. The Morgan fingerprint density at radius 3 is 2.26 bits per heavy atom. The van der Waals surface area contributed by atoms with Gasteiger partial charge in [-0.15, -0.1) is 6.58 Å². The molecule has 0 fully saturated rings. The Hall–Kier alpha value is -4.00. The standard InChI is InChI=1S/C24H23N3O4/c1-3-15-27(16-14-19(28)31-2)24(30)21-20(17-10-6-4-7-11-17)22(25-26-23(21)29)18-12-8-5-9-13-18/h3-13H,1,14-16H2,2H3,(H,26,29). The lowest BCUT2D eigenvalue weighted by atomic mass is 9.95. The fourth-order valence-electron chi connectivity index (χ4n) is 3.26. The first kappa shape index (κ1) is 21.7. The number of rotatable bonds is 8. The lowest BCUT2D eigenvalue weighted by Gasteiger charge is -2.22. The van der Waals surface area contributed by atoms with Crippen LogP contribution in [0.4, 0.5) is 0 Å². The number of ether oxygens (including phenoxy) is 1. The Bertz CT molecular complexity index is 1120. The molecule has 7 nitrogen and oxygen atoms in total. The first-order valence-electron chi connectivity index (χ1n) is 9.77. The minimum absolute atomic E-state index is 0.00524. The molecule has 3 rings (SSSR count). The van der Waals surface area contributed by atoms with E-state index in [0.29, 0.717) is 16.8 Å². The maximum Gasteiger partial charge on any atom is 0.307 e. The number of nitrogens with one attached hydrogen (secondary N) is 1. The Balaban J connectivity index is 2.18. The van der Waals surface area contributed by atoms with Gasteiger partial charge < -0.3 is 9.64 Å². The second-order valence-corrected chi connectivity index (χ2v) is 6.75. The molecule has 1 aromatic heterocycles. The summed E-state index contributed by atoms with van der Waals surface area (Å²) < 4.78 is 4.68. The number of carbonyl (C=O) groups is 2. The van der Waals surface area contributed by atoms with Crippen LogP contribution in [-0.4, -0.2) is 47.2 Å². The highest BCUT2D eigenvalue weighted by Crippen LogP contribution is 2.32. The molecule has 3 aromatic rings. The highest BCUT2D eigenvalue weighted by Gasteiger charge is 2.26. The predicted octanol–water partition coefficient (Wildman–Crippen LogP) is 3.30. The first-order valence-corrected chi connectivity index (χ1v) is 9.77. The van der Waals surface area contributed by atoms with Crippen LogP contribution in [0.2, 0.25) is 0 Å². The van der Waals surface area contributed by atoms with Crippen molar-refractivity contribution in [3.8, 4) is 22.4 Å². The van der Waals surface area contributed by atoms with Crippen LogP contribution in [0.15, 0.2) is 78.1 Å². The van der Waals surface area contributed by atoms with Crippen molar-refractivity contribution in [2.45, 2.75) is 6.42 Å². The van der Waals surface area contributed by atoms with Crippen LogP contribution in [-0.2, 0) is 9.53 Å². The average Bonchev–Trinajstić information content (AvgIpc) is 2.82. The molecule has 1 N–H and O–H groups in total. The van der Waals surface area contributed by atoms with Gasteiger partial charge in [0.2, 0.25) is 0 Å². The Kier molecular flexibility index (Phi) is 7.11. The minimum atomic E-state index is -0.601. The number of H-pyrrole nitrogens is 1. The highest BCUT2D eigenvalue weighted by molar-refractivity contribution is 6.03. The fraction of sp³-hybridized carbons (Fsp3) is 0.167. The average molecular weight is 417 g/mol. The Labute approximate surface area is 180 Å². The van der Waals surface area contributed by atoms with Crippen molar-refractivity contribution < 1.29 is 14.3 Å². The topological polar surface area (TPSA) is 92.4 Å². The van der Waals surface area contributed by atoms with Crippen LogP contribution in [0, 0.1) is 0 Å². The van der Waals surface area contributed by atoms with Gasteiger partial charge in [0.05, 0.1) is 19.2 Å². The van der Waals surface area contributed by atoms with Crippen molar-refractivity contribution in [1.29, 1.82) is 0 Å². The Morgan fingerprint density at radius 1 is 1.06 bits per heavy atom. The number of carbonyl (C=O) groups excluding carboxylic acids is 2. The van der Waals surface area contributed by atoms with Crippen molar-refractivity contribution in [2.24, 2.45) is 0 Å². The van der Waals surface area contributed by atoms with Crippen LogP contribution < -0.4 is 5.56 Å². The summed E-state index contributed by atoms with van der Waals surface area (Å²) in [5.41, 5.74) is 1.74. The van der Waals surface area contributed by atoms with E-state index in [4.69, 9.17) is 0 Å². The van der Waals surface area contributed by atoms with Gasteiger partial charge in [-0.2, -0.15) is 5.10 Å². The first-order chi connectivity index (χ1) is 15.1. The molecular formula is C24H23N3O4. The molecule has 0 aliphatic heterocycles. The zero-order chi connectivity index (χ0) is 22.2. The summed E-state index contributed by atoms with van der Waals surface area (Å²) in [5.74, 6) is -0.956. The summed E-state index contributed by atoms with van der Waals surface area (Å²) in [6.45, 7) is 3.95. The zero-order valence-corrected chi connectivity index (χ0v) is 17.2. The van der Waals surface area contributed by atoms with Gasteiger partial charge in [-0.3, -0.25) is 14.4 Å². The smallest absolute Gasteiger partial charge is 0.307 e. The number of benzene rings is 2. The summed E-state index contributed by atoms with van der Waals surface area (Å²) >= 11 is 0. The molecule has 0 unspecified atom stereocenters. The van der Waals surface area contributed by atoms with E-state index in [1.54, 1.807) is 6.08 Å². The predicted molar refractivity (Wildman–Crippen MR) is 118 cm³/mol. The number of amides is 1. The van der Waals surface area contributed by atoms with Crippen molar-refractivity contribution in [1.82, 2.24) is 15.1 Å². The van der Waals surface area contributed by atoms with E-state index in [1.165, 1.54) is 12.0 Å². The second kappa shape index (κ2) is 10.2. The van der Waals surface area contributed by atoms with Crippen molar-refractivity contribution >= 4 is 11.9 Å². The maximum atomic E-state index is 13.5. The number of methoxy groups -OCH3 is 1. The quantitative estimate of drug-likeness (QED) is 0.448. The normalized spacial score (nSPS) is 10.4. The van der Waals surface area contributed by atoms with Gasteiger partial charge in [0, 0.05) is 24.2 Å². The second-order valence-electron chi connectivity index (χ2n) is 6.75. The molecule has 0 saturated carbocycles. The van der Waals surface area contributed by atoms with Gasteiger partial charge in [0.1, 0.15) is 5.56 Å². The molecule has 0 aliphatic rings. The van der Waals surface area contributed by atoms with Gasteiger partial charge in [-0.05, 0) is 5.56 Å². The van der Waals surface area contributed by atoms with Crippen LogP contribution >= 0.6 is 0 Å². The minimum Gasteiger partial charge on any atom is -0.469 e. The van der Waals surface area contributed by atoms with Crippen molar-refractivity contribution in [3.63, 3.8) is 0 Å². The molecule has 0 saturated heterocycles. The van der Waals surface area contributed by atoms with Crippen molar-refractivity contribution in [3.05, 3.63) is 89.2 Å². The van der Waals surface area contributed by atoms with E-state index in [1.807, 2.05) is 60.7 Å². The van der Waals surface area contributed by atoms with E-state index in [9.17, 15) is 14.4 Å². The third-order valence-electron chi connectivity index (χ3n) is 4.76. The molecular weight excluding hydrogens is 394 g/mol. The molecule has 2 aromatic carbocycles. The van der Waals surface area contributed by atoms with E-state index in [0.717, 1.165) is 5.56 Å². The molecule has 1 amide bonds. The number of esters is 1. The third kappa shape index (κ3) is 4.95. The number of aromatic nitrogens is 2. The van der Waals surface area contributed by atoms with Crippen LogP contribution in [0.1, 0.15) is 16.8 Å². The lowest BCUT2D eigenvalue weighted by molar-refractivity contribution is -0.140. The maximum absolute atomic E-state index is 13.5. The van der Waals surface area contributed by atoms with Gasteiger partial charge >= 0.3 is 5.97 Å². The lowest BCUT2D eigenvalue weighted by Crippen LogP contribution is -2.37. The number of hydrogen-bond acceptors (Lipinski definition) is 5. The molecule has 1 heterocycles. The van der Waals surface area contributed by atoms with Gasteiger partial charge in [-0.25, -0.2) is 5.10 Å². The third-order valence-corrected chi connectivity index (χ3v) is 4.76. The zero-order valence-electron chi connectivity index (χ0n) is 17.2. The van der Waals surface area contributed by atoms with Crippen LogP contribution in [0.25, 0.3) is 22.4 Å². The van der Waals surface area contributed by atoms with Gasteiger partial charge in [-0.1, -0.05) is 66.7 Å². The van der Waals surface area contributed by atoms with Gasteiger partial charge in [0.15, 0.2) is 0 Å². The molecule has 0 radical (unpaired) electrons. The van der Waals surface area contributed by atoms with E-state index in [2.05, 4.69) is 21.5 Å². The number of hydrogen-bond donors (Lipinski definition) is 1. The highest BCUT2D eigenvalue weighted by atomic mass is 16.5. The SMILES string of the molecule is C=CCN(CCC(=O)OC)C(=O)c1c(-c2ccccc2)c(-c2ccccc2)n[nH]c1=O. The summed E-state index contributed by atoms with van der Waals surface area (Å²) in [6, 6.07) is 18.5. The van der Waals surface area contributed by atoms with E-state index < -0.39 is 17.4 Å². The monoisotopic (exact) mass is 417 g/mol. The fourth-order valence-corrected chi connectivity index (χ4v) is 3.26. The summed E-state index contributed by atoms with van der Waals surface area (Å²) in [4.78, 5) is 39.4. The molecule has 158 valence electrons. The van der Waals surface area contributed by atoms with Crippen molar-refractivity contribution in [2.75, 3.05) is 20.2 Å². The summed E-state index contributed by atoms with van der Waals surface area (Å²) in [5, 5.41) is 6.72. The van der Waals surface area contributed by atoms with Crippen LogP contribution in [0.3, 0.4) is 0 Å². The largest absolute Gasteiger partial charge is 0.469 e. The van der Waals surface area contributed by atoms with E-state index >= 15 is 0 Å². The molecule has 0 spiro atoms. The molecule has 0 aliphatic carbocycles. The summed E-state index contributed by atoms with van der Waals surface area (Å²) in [6.07, 6.45) is 1.55. The summed E-state index contributed by atoms with van der Waals surface area (Å²) in [7, 11) is 1.29. The number of nitrogens with zero attached hydrogens (tertiary/aromatic N) is 2. The van der Waals surface area contributed by atoms with Crippen LogP contribution in [0.5, 0.6) is 0 Å². The molecule has 31 heavy (non-hydrogen) atoms. The van der Waals surface area contributed by atoms with E-state index in [-0.39, 0.29) is 25.1 Å². The molecule has 7 heteroatoms. The Morgan fingerprint density at radius 2 is 1.68 bits per heavy atom. The van der Waals surface area contributed by atoms with Gasteiger partial charge in [0.25, 0.3) is 11.5 Å².